The first-order valence-corrected chi connectivity index (χ1v) is 8.18. The minimum atomic E-state index is -0.326. The Morgan fingerprint density at radius 3 is 2.81 bits per heavy atom. The van der Waals surface area contributed by atoms with Gasteiger partial charge in [0, 0.05) is 15.8 Å². The molecule has 0 amide bonds. The van der Waals surface area contributed by atoms with Gasteiger partial charge in [-0.2, -0.15) is 0 Å². The van der Waals surface area contributed by atoms with Crippen molar-refractivity contribution in [2.45, 2.75) is 38.1 Å². The van der Waals surface area contributed by atoms with Gasteiger partial charge in [-0.05, 0) is 61.4 Å². The molecule has 1 heterocycles. The van der Waals surface area contributed by atoms with Crippen molar-refractivity contribution in [3.05, 3.63) is 51.0 Å². The zero-order chi connectivity index (χ0) is 14.8. The second-order valence-electron chi connectivity index (χ2n) is 5.58. The SMILES string of the molecule is COc1ccc(CC(N)c2cc3c(s2)CCCC3)cc1F. The van der Waals surface area contributed by atoms with Crippen LogP contribution in [-0.4, -0.2) is 7.11 Å². The van der Waals surface area contributed by atoms with E-state index in [-0.39, 0.29) is 17.6 Å². The largest absolute Gasteiger partial charge is 0.494 e. The van der Waals surface area contributed by atoms with Gasteiger partial charge in [-0.1, -0.05) is 6.07 Å². The fraction of sp³-hybridized carbons (Fsp3) is 0.412. The third kappa shape index (κ3) is 3.11. The van der Waals surface area contributed by atoms with Gasteiger partial charge < -0.3 is 10.5 Å². The molecule has 1 aliphatic carbocycles. The molecule has 4 heteroatoms. The number of ether oxygens (including phenoxy) is 1. The molecule has 112 valence electrons. The zero-order valence-corrected chi connectivity index (χ0v) is 13.0. The lowest BCUT2D eigenvalue weighted by molar-refractivity contribution is 0.386. The lowest BCUT2D eigenvalue weighted by Crippen LogP contribution is -2.12. The maximum atomic E-state index is 13.7. The third-order valence-corrected chi connectivity index (χ3v) is 5.42. The quantitative estimate of drug-likeness (QED) is 0.926. The van der Waals surface area contributed by atoms with Crippen molar-refractivity contribution in [3.8, 4) is 5.75 Å². The summed E-state index contributed by atoms with van der Waals surface area (Å²) in [7, 11) is 1.47. The summed E-state index contributed by atoms with van der Waals surface area (Å²) >= 11 is 1.83. The van der Waals surface area contributed by atoms with Crippen molar-refractivity contribution in [3.63, 3.8) is 0 Å². The number of fused-ring (bicyclic) bond motifs is 1. The molecule has 2 aromatic rings. The maximum absolute atomic E-state index is 13.7. The van der Waals surface area contributed by atoms with E-state index >= 15 is 0 Å². The van der Waals surface area contributed by atoms with Crippen molar-refractivity contribution in [1.82, 2.24) is 0 Å². The van der Waals surface area contributed by atoms with E-state index in [2.05, 4.69) is 6.07 Å². The Hall–Kier alpha value is -1.39. The van der Waals surface area contributed by atoms with E-state index in [1.807, 2.05) is 17.4 Å². The molecule has 1 aromatic heterocycles. The lowest BCUT2D eigenvalue weighted by Gasteiger charge is -2.10. The van der Waals surface area contributed by atoms with Crippen molar-refractivity contribution < 1.29 is 9.13 Å². The van der Waals surface area contributed by atoms with Gasteiger partial charge in [-0.3, -0.25) is 0 Å². The number of nitrogens with two attached hydrogens (primary N) is 1. The van der Waals surface area contributed by atoms with Crippen LogP contribution < -0.4 is 10.5 Å². The molecule has 0 saturated heterocycles. The number of hydrogen-bond donors (Lipinski definition) is 1. The van der Waals surface area contributed by atoms with Crippen molar-refractivity contribution >= 4 is 11.3 Å². The average Bonchev–Trinajstić information content (AvgIpc) is 2.91. The monoisotopic (exact) mass is 305 g/mol. The van der Waals surface area contributed by atoms with Crippen LogP contribution in [0.25, 0.3) is 0 Å². The van der Waals surface area contributed by atoms with Crippen LogP contribution in [0.1, 0.15) is 39.8 Å². The van der Waals surface area contributed by atoms with Gasteiger partial charge in [0.05, 0.1) is 7.11 Å². The van der Waals surface area contributed by atoms with Crippen LogP contribution in [0, 0.1) is 5.82 Å². The molecule has 0 aliphatic heterocycles. The van der Waals surface area contributed by atoms with Gasteiger partial charge in [-0.25, -0.2) is 4.39 Å². The van der Waals surface area contributed by atoms with Crippen LogP contribution in [0.3, 0.4) is 0 Å². The molecule has 1 aliphatic rings. The highest BCUT2D eigenvalue weighted by atomic mass is 32.1. The van der Waals surface area contributed by atoms with Gasteiger partial charge in [0.25, 0.3) is 0 Å². The summed E-state index contributed by atoms with van der Waals surface area (Å²) in [5, 5.41) is 0. The zero-order valence-electron chi connectivity index (χ0n) is 12.2. The minimum absolute atomic E-state index is 0.0617. The predicted octanol–water partition coefficient (Wildman–Crippen LogP) is 4.02. The third-order valence-electron chi connectivity index (χ3n) is 4.05. The average molecular weight is 305 g/mol. The highest BCUT2D eigenvalue weighted by Gasteiger charge is 2.17. The predicted molar refractivity (Wildman–Crippen MR) is 84.5 cm³/mol. The standard InChI is InChI=1S/C17H20FNOS/c1-20-15-7-6-11(8-13(15)18)9-14(19)17-10-12-4-2-3-5-16(12)21-17/h6-8,10,14H,2-5,9,19H2,1H3. The Morgan fingerprint density at radius 1 is 1.29 bits per heavy atom. The number of hydrogen-bond acceptors (Lipinski definition) is 3. The summed E-state index contributed by atoms with van der Waals surface area (Å²) in [4.78, 5) is 2.71. The number of benzene rings is 1. The van der Waals surface area contributed by atoms with E-state index in [0.29, 0.717) is 6.42 Å². The van der Waals surface area contributed by atoms with Crippen LogP contribution in [0.2, 0.25) is 0 Å². The second-order valence-corrected chi connectivity index (χ2v) is 6.75. The fourth-order valence-corrected chi connectivity index (χ4v) is 4.15. The topological polar surface area (TPSA) is 35.2 Å². The number of thiophene rings is 1. The summed E-state index contributed by atoms with van der Waals surface area (Å²) in [5.74, 6) is -0.0495. The molecule has 1 atom stereocenters. The molecule has 21 heavy (non-hydrogen) atoms. The van der Waals surface area contributed by atoms with E-state index in [4.69, 9.17) is 10.5 Å². The van der Waals surface area contributed by atoms with Crippen molar-refractivity contribution in [1.29, 1.82) is 0 Å². The maximum Gasteiger partial charge on any atom is 0.165 e. The Labute approximate surface area is 128 Å². The molecular weight excluding hydrogens is 285 g/mol. The van der Waals surface area contributed by atoms with Crippen LogP contribution in [0.4, 0.5) is 4.39 Å². The summed E-state index contributed by atoms with van der Waals surface area (Å²) in [5.41, 5.74) is 8.70. The van der Waals surface area contributed by atoms with Crippen LogP contribution in [0.15, 0.2) is 24.3 Å². The molecule has 0 fully saturated rings. The van der Waals surface area contributed by atoms with E-state index in [0.717, 1.165) is 5.56 Å². The lowest BCUT2D eigenvalue weighted by atomic mass is 9.98. The Bertz CT molecular complexity index is 614. The number of aryl methyl sites for hydroxylation is 2. The van der Waals surface area contributed by atoms with Crippen LogP contribution in [-0.2, 0) is 19.3 Å². The second kappa shape index (κ2) is 6.16. The highest BCUT2D eigenvalue weighted by molar-refractivity contribution is 7.12. The number of rotatable bonds is 4. The van der Waals surface area contributed by atoms with Crippen molar-refractivity contribution in [2.75, 3.05) is 7.11 Å². The first-order chi connectivity index (χ1) is 10.2. The normalized spacial score (nSPS) is 15.6. The molecule has 3 rings (SSSR count). The first kappa shape index (κ1) is 14.5. The molecule has 0 spiro atoms. The first-order valence-electron chi connectivity index (χ1n) is 7.37. The molecular formula is C17H20FNOS. The van der Waals surface area contributed by atoms with Gasteiger partial charge in [0.2, 0.25) is 0 Å². The van der Waals surface area contributed by atoms with Gasteiger partial charge in [-0.15, -0.1) is 11.3 Å². The van der Waals surface area contributed by atoms with Gasteiger partial charge >= 0.3 is 0 Å². The smallest absolute Gasteiger partial charge is 0.165 e. The Morgan fingerprint density at radius 2 is 2.10 bits per heavy atom. The van der Waals surface area contributed by atoms with E-state index in [9.17, 15) is 4.39 Å². The Kier molecular flexibility index (Phi) is 4.27. The van der Waals surface area contributed by atoms with Crippen LogP contribution >= 0.6 is 11.3 Å². The summed E-state index contributed by atoms with van der Waals surface area (Å²) in [6.45, 7) is 0. The van der Waals surface area contributed by atoms with Gasteiger partial charge in [0.1, 0.15) is 0 Å². The van der Waals surface area contributed by atoms with E-state index in [1.165, 1.54) is 54.2 Å². The van der Waals surface area contributed by atoms with E-state index < -0.39 is 0 Å². The summed E-state index contributed by atoms with van der Waals surface area (Å²) in [6.07, 6.45) is 5.58. The van der Waals surface area contributed by atoms with Crippen molar-refractivity contribution in [2.24, 2.45) is 5.73 Å². The molecule has 1 aromatic carbocycles. The summed E-state index contributed by atoms with van der Waals surface area (Å²) < 4.78 is 18.7. The summed E-state index contributed by atoms with van der Waals surface area (Å²) in [6, 6.07) is 7.26. The molecule has 1 unspecified atom stereocenters. The molecule has 0 saturated carbocycles. The molecule has 0 radical (unpaired) electrons. The molecule has 0 bridgehead atoms. The number of methoxy groups -OCH3 is 1. The van der Waals surface area contributed by atoms with E-state index in [1.54, 1.807) is 6.07 Å². The number of halogens is 1. The Balaban J connectivity index is 1.75. The molecule has 2 N–H and O–H groups in total. The van der Waals surface area contributed by atoms with Crippen LogP contribution in [0.5, 0.6) is 5.75 Å². The molecule has 2 nitrogen and oxygen atoms in total. The fourth-order valence-electron chi connectivity index (χ4n) is 2.89. The highest BCUT2D eigenvalue weighted by Crippen LogP contribution is 2.33. The minimum Gasteiger partial charge on any atom is -0.494 e. The van der Waals surface area contributed by atoms with Gasteiger partial charge in [0.15, 0.2) is 11.6 Å².